The first kappa shape index (κ1) is 21.0. The van der Waals surface area contributed by atoms with E-state index in [1.54, 1.807) is 12.1 Å². The number of aromatic nitrogens is 1. The van der Waals surface area contributed by atoms with Crippen molar-refractivity contribution in [2.24, 2.45) is 0 Å². The van der Waals surface area contributed by atoms with Gasteiger partial charge in [0, 0.05) is 6.92 Å². The number of furan rings is 1. The number of ether oxygens (including phenoxy) is 1. The minimum Gasteiger partial charge on any atom is -0.495 e. The van der Waals surface area contributed by atoms with E-state index in [1.807, 2.05) is 24.3 Å². The molecule has 4 rings (SSSR count). The fourth-order valence-electron chi connectivity index (χ4n) is 2.96. The lowest BCUT2D eigenvalue weighted by Gasteiger charge is -2.11. The van der Waals surface area contributed by atoms with E-state index in [-0.39, 0.29) is 23.0 Å². The molecule has 2 aromatic carbocycles. The zero-order valence-electron chi connectivity index (χ0n) is 16.7. The van der Waals surface area contributed by atoms with Crippen LogP contribution in [-0.4, -0.2) is 26.4 Å². The second kappa shape index (κ2) is 8.50. The van der Waals surface area contributed by atoms with E-state index in [2.05, 4.69) is 15.0 Å². The van der Waals surface area contributed by atoms with Crippen LogP contribution < -0.4 is 14.8 Å². The zero-order valence-corrected chi connectivity index (χ0v) is 18.3. The number of carbonyl (C=O) groups excluding carboxylic acids is 1. The van der Waals surface area contributed by atoms with Crippen LogP contribution in [0.25, 0.3) is 21.0 Å². The van der Waals surface area contributed by atoms with Gasteiger partial charge >= 0.3 is 0 Å². The molecular formula is C21H19N3O5S2. The van der Waals surface area contributed by atoms with Crippen LogP contribution in [-0.2, 0) is 21.4 Å². The first-order valence-electron chi connectivity index (χ1n) is 9.25. The van der Waals surface area contributed by atoms with Crippen LogP contribution in [0.2, 0.25) is 0 Å². The summed E-state index contributed by atoms with van der Waals surface area (Å²) in [5.74, 6) is 1.06. The molecule has 0 aliphatic carbocycles. The van der Waals surface area contributed by atoms with Crippen LogP contribution in [0.4, 0.5) is 5.69 Å². The molecule has 0 saturated carbocycles. The van der Waals surface area contributed by atoms with Gasteiger partial charge in [0.2, 0.25) is 15.9 Å². The summed E-state index contributed by atoms with van der Waals surface area (Å²) < 4.78 is 39.9. The molecule has 2 heterocycles. The second-order valence-corrected chi connectivity index (χ2v) is 9.42. The number of fused-ring (bicyclic) bond motifs is 1. The number of nitrogens with zero attached hydrogens (tertiary/aromatic N) is 1. The maximum atomic E-state index is 12.7. The molecular weight excluding hydrogens is 438 g/mol. The Morgan fingerprint density at radius 1 is 1.16 bits per heavy atom. The topological polar surface area (TPSA) is 111 Å². The van der Waals surface area contributed by atoms with Crippen LogP contribution in [0.5, 0.6) is 5.75 Å². The van der Waals surface area contributed by atoms with Gasteiger partial charge in [-0.05, 0) is 42.5 Å². The molecule has 0 aliphatic heterocycles. The number of para-hydroxylation sites is 1. The highest BCUT2D eigenvalue weighted by atomic mass is 32.2. The van der Waals surface area contributed by atoms with Crippen molar-refractivity contribution >= 4 is 43.2 Å². The van der Waals surface area contributed by atoms with Crippen molar-refractivity contribution in [3.63, 3.8) is 0 Å². The van der Waals surface area contributed by atoms with Gasteiger partial charge in [0.05, 0.1) is 34.5 Å². The molecule has 0 spiro atoms. The molecule has 4 aromatic rings. The maximum Gasteiger partial charge on any atom is 0.241 e. The van der Waals surface area contributed by atoms with Gasteiger partial charge in [-0.1, -0.05) is 12.1 Å². The van der Waals surface area contributed by atoms with Gasteiger partial charge in [-0.2, -0.15) is 0 Å². The Morgan fingerprint density at radius 2 is 1.97 bits per heavy atom. The van der Waals surface area contributed by atoms with Crippen molar-refractivity contribution in [1.82, 2.24) is 9.71 Å². The summed E-state index contributed by atoms with van der Waals surface area (Å²) in [7, 11) is -2.41. The first-order valence-corrected chi connectivity index (χ1v) is 11.6. The summed E-state index contributed by atoms with van der Waals surface area (Å²) >= 11 is 1.50. The number of anilines is 1. The lowest BCUT2D eigenvalue weighted by atomic mass is 10.3. The van der Waals surface area contributed by atoms with Gasteiger partial charge in [-0.15, -0.1) is 11.3 Å². The van der Waals surface area contributed by atoms with Crippen LogP contribution >= 0.6 is 11.3 Å². The van der Waals surface area contributed by atoms with E-state index in [0.717, 1.165) is 15.2 Å². The van der Waals surface area contributed by atoms with E-state index in [4.69, 9.17) is 9.15 Å². The molecule has 8 nitrogen and oxygen atoms in total. The summed E-state index contributed by atoms with van der Waals surface area (Å²) in [5, 5.41) is 3.29. The van der Waals surface area contributed by atoms with E-state index in [1.165, 1.54) is 43.6 Å². The summed E-state index contributed by atoms with van der Waals surface area (Å²) in [6.45, 7) is 1.30. The van der Waals surface area contributed by atoms with Crippen molar-refractivity contribution in [1.29, 1.82) is 0 Å². The Bertz CT molecular complexity index is 1330. The smallest absolute Gasteiger partial charge is 0.241 e. The van der Waals surface area contributed by atoms with Crippen LogP contribution in [0.3, 0.4) is 0 Å². The first-order chi connectivity index (χ1) is 14.9. The van der Waals surface area contributed by atoms with Gasteiger partial charge < -0.3 is 14.5 Å². The quantitative estimate of drug-likeness (QED) is 0.434. The maximum absolute atomic E-state index is 12.7. The fraction of sp³-hybridized carbons (Fsp3) is 0.143. The predicted molar refractivity (Wildman–Crippen MR) is 119 cm³/mol. The SMILES string of the molecule is COc1ccc(S(=O)(=O)NCc2ccc(-c3nc4ccccc4s3)o2)cc1NC(C)=O. The second-order valence-electron chi connectivity index (χ2n) is 6.62. The third kappa shape index (κ3) is 4.61. The highest BCUT2D eigenvalue weighted by molar-refractivity contribution is 7.89. The van der Waals surface area contributed by atoms with Gasteiger partial charge in [0.25, 0.3) is 0 Å². The number of carbonyl (C=O) groups is 1. The van der Waals surface area contributed by atoms with Crippen molar-refractivity contribution in [2.75, 3.05) is 12.4 Å². The van der Waals surface area contributed by atoms with E-state index >= 15 is 0 Å². The lowest BCUT2D eigenvalue weighted by molar-refractivity contribution is -0.114. The molecule has 2 aromatic heterocycles. The van der Waals surface area contributed by atoms with Gasteiger partial charge in [0.15, 0.2) is 10.8 Å². The molecule has 10 heteroatoms. The van der Waals surface area contributed by atoms with E-state index in [9.17, 15) is 13.2 Å². The van der Waals surface area contributed by atoms with Crippen molar-refractivity contribution < 1.29 is 22.4 Å². The Balaban J connectivity index is 1.50. The summed E-state index contributed by atoms with van der Waals surface area (Å²) in [4.78, 5) is 15.9. The number of hydrogen-bond donors (Lipinski definition) is 2. The molecule has 0 radical (unpaired) electrons. The minimum absolute atomic E-state index is 0.00463. The van der Waals surface area contributed by atoms with Crippen molar-refractivity contribution in [3.8, 4) is 16.5 Å². The number of amides is 1. The largest absolute Gasteiger partial charge is 0.495 e. The molecule has 0 atom stereocenters. The number of hydrogen-bond acceptors (Lipinski definition) is 7. The molecule has 0 fully saturated rings. The average Bonchev–Trinajstić information content (AvgIpc) is 3.38. The summed E-state index contributed by atoms with van der Waals surface area (Å²) in [6, 6.07) is 15.5. The Kier molecular flexibility index (Phi) is 5.77. The third-order valence-corrected chi connectivity index (χ3v) is 6.84. The van der Waals surface area contributed by atoms with Crippen LogP contribution in [0.15, 0.2) is 63.9 Å². The highest BCUT2D eigenvalue weighted by Gasteiger charge is 2.18. The molecule has 0 saturated heterocycles. The summed E-state index contributed by atoms with van der Waals surface area (Å²) in [5.41, 5.74) is 1.16. The third-order valence-electron chi connectivity index (χ3n) is 4.39. The number of sulfonamides is 1. The molecule has 31 heavy (non-hydrogen) atoms. The predicted octanol–water partition coefficient (Wildman–Crippen LogP) is 4.00. The molecule has 2 N–H and O–H groups in total. The number of methoxy groups -OCH3 is 1. The Morgan fingerprint density at radius 3 is 2.71 bits per heavy atom. The highest BCUT2D eigenvalue weighted by Crippen LogP contribution is 2.31. The standard InChI is InChI=1S/C21H19N3O5S2/c1-13(25)23-17-11-15(8-10-18(17)28-2)31(26,27)22-12-14-7-9-19(29-14)21-24-16-5-3-4-6-20(16)30-21/h3-11,22H,12H2,1-2H3,(H,23,25). The van der Waals surface area contributed by atoms with Crippen LogP contribution in [0, 0.1) is 0 Å². The normalized spacial score (nSPS) is 11.5. The zero-order chi connectivity index (χ0) is 22.0. The number of benzene rings is 2. The van der Waals surface area contributed by atoms with Crippen molar-refractivity contribution in [2.45, 2.75) is 18.4 Å². The fourth-order valence-corrected chi connectivity index (χ4v) is 4.90. The van der Waals surface area contributed by atoms with Gasteiger partial charge in [-0.3, -0.25) is 4.79 Å². The molecule has 160 valence electrons. The molecule has 0 bridgehead atoms. The lowest BCUT2D eigenvalue weighted by Crippen LogP contribution is -2.23. The number of rotatable bonds is 7. The molecule has 0 unspecified atom stereocenters. The van der Waals surface area contributed by atoms with E-state index in [0.29, 0.717) is 17.3 Å². The molecule has 1 amide bonds. The van der Waals surface area contributed by atoms with Crippen LogP contribution in [0.1, 0.15) is 12.7 Å². The Labute approximate surface area is 182 Å². The minimum atomic E-state index is -3.85. The molecule has 0 aliphatic rings. The Hall–Kier alpha value is -3.21. The average molecular weight is 458 g/mol. The van der Waals surface area contributed by atoms with Gasteiger partial charge in [0.1, 0.15) is 11.5 Å². The van der Waals surface area contributed by atoms with E-state index < -0.39 is 10.0 Å². The number of nitrogens with one attached hydrogen (secondary N) is 2. The number of thiazole rings is 1. The summed E-state index contributed by atoms with van der Waals surface area (Å²) in [6.07, 6.45) is 0. The van der Waals surface area contributed by atoms with Gasteiger partial charge in [-0.25, -0.2) is 18.1 Å². The van der Waals surface area contributed by atoms with Crippen molar-refractivity contribution in [3.05, 3.63) is 60.4 Å². The monoisotopic (exact) mass is 457 g/mol.